The predicted octanol–water partition coefficient (Wildman–Crippen LogP) is 3.58. The van der Waals surface area contributed by atoms with Crippen molar-refractivity contribution >= 4 is 34.5 Å². The Bertz CT molecular complexity index is 533. The summed E-state index contributed by atoms with van der Waals surface area (Å²) in [5.41, 5.74) is -0.511. The van der Waals surface area contributed by atoms with Crippen LogP contribution in [0.4, 0.5) is 0 Å². The summed E-state index contributed by atoms with van der Waals surface area (Å²) in [4.78, 5) is 13.2. The molecule has 20 heavy (non-hydrogen) atoms. The lowest BCUT2D eigenvalue weighted by Gasteiger charge is -2.18. The minimum Gasteiger partial charge on any atom is -0.456 e. The largest absolute Gasteiger partial charge is 0.456 e. The van der Waals surface area contributed by atoms with Crippen LogP contribution in [0.1, 0.15) is 56.1 Å². The number of esters is 1. The third-order valence-electron chi connectivity index (χ3n) is 2.03. The van der Waals surface area contributed by atoms with Crippen LogP contribution in [0.2, 0.25) is 0 Å². The molecule has 0 fully saturated rings. The summed E-state index contributed by atoms with van der Waals surface area (Å²) in [5.74, 6) is -0.348. The summed E-state index contributed by atoms with van der Waals surface area (Å²) in [7, 11) is -1.30. The molecule has 0 spiro atoms. The molecule has 0 amide bonds. The standard InChI is InChI=1S/C14H21NO3S2/c1-13(2,3)18-12(16)11-8-7-10(19-11)9-15-20(17)14(4,5)6/h7-9H,1-6H3/b15-9+. The van der Waals surface area contributed by atoms with Gasteiger partial charge in [0, 0.05) is 4.88 Å². The van der Waals surface area contributed by atoms with Crippen molar-refractivity contribution in [1.82, 2.24) is 0 Å². The first-order valence-electron chi connectivity index (χ1n) is 6.28. The van der Waals surface area contributed by atoms with Gasteiger partial charge >= 0.3 is 5.97 Å². The summed E-state index contributed by atoms with van der Waals surface area (Å²) in [6.07, 6.45) is 1.54. The van der Waals surface area contributed by atoms with Gasteiger partial charge in [0.05, 0.1) is 11.0 Å². The molecule has 1 atom stereocenters. The number of hydrogen-bond donors (Lipinski definition) is 0. The van der Waals surface area contributed by atoms with Crippen molar-refractivity contribution in [3.05, 3.63) is 21.9 Å². The van der Waals surface area contributed by atoms with Gasteiger partial charge in [-0.05, 0) is 53.7 Å². The van der Waals surface area contributed by atoms with Crippen LogP contribution < -0.4 is 0 Å². The lowest BCUT2D eigenvalue weighted by molar-refractivity contribution is 0.00752. The van der Waals surface area contributed by atoms with E-state index in [1.54, 1.807) is 18.3 Å². The van der Waals surface area contributed by atoms with Crippen molar-refractivity contribution in [2.24, 2.45) is 4.40 Å². The van der Waals surface area contributed by atoms with E-state index in [0.29, 0.717) is 4.88 Å². The first-order chi connectivity index (χ1) is 8.99. The van der Waals surface area contributed by atoms with Crippen LogP contribution >= 0.6 is 11.3 Å². The van der Waals surface area contributed by atoms with Crippen LogP contribution in [0.15, 0.2) is 16.5 Å². The zero-order chi connectivity index (χ0) is 15.6. The van der Waals surface area contributed by atoms with E-state index in [0.717, 1.165) is 4.88 Å². The van der Waals surface area contributed by atoms with E-state index in [1.807, 2.05) is 41.5 Å². The van der Waals surface area contributed by atoms with E-state index < -0.39 is 16.6 Å². The highest BCUT2D eigenvalue weighted by atomic mass is 32.2. The molecule has 0 saturated carbocycles. The molecule has 0 aliphatic rings. The molecule has 1 heterocycles. The molecular formula is C14H21NO3S2. The summed E-state index contributed by atoms with van der Waals surface area (Å²) < 4.78 is 20.7. The van der Waals surface area contributed by atoms with Crippen molar-refractivity contribution in [2.45, 2.75) is 51.9 Å². The number of rotatable bonds is 3. The highest BCUT2D eigenvalue weighted by Gasteiger charge is 2.20. The molecule has 0 aromatic carbocycles. The number of nitrogens with zero attached hydrogens (tertiary/aromatic N) is 1. The molecule has 0 radical (unpaired) electrons. The van der Waals surface area contributed by atoms with Gasteiger partial charge in [-0.15, -0.1) is 11.3 Å². The number of carbonyl (C=O) groups excluding carboxylic acids is 1. The Labute approximate surface area is 126 Å². The van der Waals surface area contributed by atoms with Crippen LogP contribution in [-0.2, 0) is 15.7 Å². The molecule has 6 heteroatoms. The second-order valence-electron chi connectivity index (χ2n) is 6.30. The molecule has 0 bridgehead atoms. The smallest absolute Gasteiger partial charge is 0.348 e. The average molecular weight is 315 g/mol. The Kier molecular flexibility index (Phi) is 5.27. The Morgan fingerprint density at radius 2 is 1.85 bits per heavy atom. The van der Waals surface area contributed by atoms with Gasteiger partial charge in [-0.1, -0.05) is 0 Å². The third-order valence-corrected chi connectivity index (χ3v) is 4.37. The fourth-order valence-electron chi connectivity index (χ4n) is 1.12. The van der Waals surface area contributed by atoms with Crippen molar-refractivity contribution in [2.75, 3.05) is 0 Å². The first-order valence-corrected chi connectivity index (χ1v) is 8.20. The van der Waals surface area contributed by atoms with Crippen LogP contribution in [0, 0.1) is 0 Å². The predicted molar refractivity (Wildman–Crippen MR) is 85.0 cm³/mol. The molecule has 4 nitrogen and oxygen atoms in total. The number of thiophene rings is 1. The Balaban J connectivity index is 2.76. The molecule has 1 unspecified atom stereocenters. The Hall–Kier alpha value is -1.01. The van der Waals surface area contributed by atoms with Gasteiger partial charge < -0.3 is 4.74 Å². The van der Waals surface area contributed by atoms with Crippen molar-refractivity contribution in [1.29, 1.82) is 0 Å². The zero-order valence-electron chi connectivity index (χ0n) is 12.7. The van der Waals surface area contributed by atoms with Crippen LogP contribution in [0.5, 0.6) is 0 Å². The first kappa shape index (κ1) is 17.0. The van der Waals surface area contributed by atoms with Crippen LogP contribution in [-0.4, -0.2) is 26.7 Å². The molecule has 0 saturated heterocycles. The van der Waals surface area contributed by atoms with Crippen LogP contribution in [0.25, 0.3) is 0 Å². The fourth-order valence-corrected chi connectivity index (χ4v) is 2.47. The SMILES string of the molecule is CC(C)(C)OC(=O)c1ccc(/C=N/S(=O)C(C)(C)C)s1. The molecule has 0 aliphatic heterocycles. The summed E-state index contributed by atoms with van der Waals surface area (Å²) in [6, 6.07) is 3.47. The second-order valence-corrected chi connectivity index (χ2v) is 9.35. The quantitative estimate of drug-likeness (QED) is 0.633. The van der Waals surface area contributed by atoms with E-state index in [-0.39, 0.29) is 10.7 Å². The maximum Gasteiger partial charge on any atom is 0.348 e. The van der Waals surface area contributed by atoms with E-state index in [9.17, 15) is 9.00 Å². The van der Waals surface area contributed by atoms with Gasteiger partial charge in [-0.3, -0.25) is 0 Å². The Morgan fingerprint density at radius 1 is 1.25 bits per heavy atom. The molecule has 0 N–H and O–H groups in total. The van der Waals surface area contributed by atoms with Gasteiger partial charge in [0.15, 0.2) is 0 Å². The highest BCUT2D eigenvalue weighted by molar-refractivity contribution is 7.85. The Morgan fingerprint density at radius 3 is 2.35 bits per heavy atom. The van der Waals surface area contributed by atoms with Gasteiger partial charge in [-0.25, -0.2) is 9.00 Å². The van der Waals surface area contributed by atoms with Crippen molar-refractivity contribution in [3.63, 3.8) is 0 Å². The highest BCUT2D eigenvalue weighted by Crippen LogP contribution is 2.20. The van der Waals surface area contributed by atoms with Crippen molar-refractivity contribution in [3.8, 4) is 0 Å². The molecule has 1 rings (SSSR count). The molecule has 1 aromatic rings. The average Bonchev–Trinajstić information content (AvgIpc) is 2.70. The number of ether oxygens (including phenoxy) is 1. The monoisotopic (exact) mass is 315 g/mol. The maximum absolute atomic E-state index is 11.9. The van der Waals surface area contributed by atoms with Gasteiger partial charge in [0.2, 0.25) is 0 Å². The maximum atomic E-state index is 11.9. The van der Waals surface area contributed by atoms with Crippen molar-refractivity contribution < 1.29 is 13.7 Å². The normalized spacial score (nSPS) is 14.5. The topological polar surface area (TPSA) is 55.7 Å². The van der Waals surface area contributed by atoms with Gasteiger partial charge in [0.1, 0.15) is 21.5 Å². The summed E-state index contributed by atoms with van der Waals surface area (Å²) in [6.45, 7) is 11.1. The minimum absolute atomic E-state index is 0.348. The fraction of sp³-hybridized carbons (Fsp3) is 0.571. The van der Waals surface area contributed by atoms with E-state index in [2.05, 4.69) is 4.40 Å². The lowest BCUT2D eigenvalue weighted by Crippen LogP contribution is -2.23. The molecule has 0 aliphatic carbocycles. The summed E-state index contributed by atoms with van der Waals surface area (Å²) in [5, 5.41) is 0. The lowest BCUT2D eigenvalue weighted by atomic mass is 10.2. The van der Waals surface area contributed by atoms with E-state index in [4.69, 9.17) is 4.74 Å². The summed E-state index contributed by atoms with van der Waals surface area (Å²) >= 11 is 1.28. The van der Waals surface area contributed by atoms with E-state index >= 15 is 0 Å². The molecular weight excluding hydrogens is 294 g/mol. The minimum atomic E-state index is -1.30. The third kappa shape index (κ3) is 5.54. The second kappa shape index (κ2) is 6.18. The van der Waals surface area contributed by atoms with E-state index in [1.165, 1.54) is 11.3 Å². The number of hydrogen-bond acceptors (Lipinski definition) is 4. The van der Waals surface area contributed by atoms with Gasteiger partial charge in [0.25, 0.3) is 0 Å². The molecule has 112 valence electrons. The van der Waals surface area contributed by atoms with Crippen LogP contribution in [0.3, 0.4) is 0 Å². The van der Waals surface area contributed by atoms with Gasteiger partial charge in [-0.2, -0.15) is 4.40 Å². The number of carbonyl (C=O) groups is 1. The molecule has 1 aromatic heterocycles. The zero-order valence-corrected chi connectivity index (χ0v) is 14.4.